The van der Waals surface area contributed by atoms with Gasteiger partial charge in [-0.2, -0.15) is 0 Å². The van der Waals surface area contributed by atoms with Gasteiger partial charge >= 0.3 is 0 Å². The van der Waals surface area contributed by atoms with Crippen LogP contribution in [0.5, 0.6) is 0 Å². The van der Waals surface area contributed by atoms with Crippen LogP contribution in [0.2, 0.25) is 0 Å². The lowest BCUT2D eigenvalue weighted by Gasteiger charge is -2.05. The molecular formula is C12H20N2O2. The second kappa shape index (κ2) is 7.06. The molecule has 4 nitrogen and oxygen atoms in total. The first-order chi connectivity index (χ1) is 7.79. The molecule has 1 rings (SSSR count). The Labute approximate surface area is 96.4 Å². The largest absolute Gasteiger partial charge is 0.469 e. The quantitative estimate of drug-likeness (QED) is 0.691. The summed E-state index contributed by atoms with van der Waals surface area (Å²) in [7, 11) is 0. The Kier molecular flexibility index (Phi) is 5.64. The molecule has 0 spiro atoms. The summed E-state index contributed by atoms with van der Waals surface area (Å²) in [4.78, 5) is 11.7. The molecule has 0 aliphatic heterocycles. The molecule has 2 N–H and O–H groups in total. The zero-order valence-corrected chi connectivity index (χ0v) is 10.0. The van der Waals surface area contributed by atoms with Crippen molar-refractivity contribution in [2.45, 2.75) is 26.7 Å². The average Bonchev–Trinajstić information content (AvgIpc) is 2.76. The molecule has 0 aliphatic rings. The van der Waals surface area contributed by atoms with Crippen LogP contribution in [0.3, 0.4) is 0 Å². The number of carbonyl (C=O) groups is 1. The van der Waals surface area contributed by atoms with Crippen LogP contribution in [0, 0.1) is 0 Å². The molecule has 0 atom stereocenters. The molecular weight excluding hydrogens is 204 g/mol. The number of furan rings is 1. The minimum atomic E-state index is -0.0397. The third-order valence-corrected chi connectivity index (χ3v) is 2.38. The number of carbonyl (C=O) groups excluding carboxylic acids is 1. The van der Waals surface area contributed by atoms with E-state index in [1.165, 1.54) is 0 Å². The monoisotopic (exact) mass is 224 g/mol. The second-order valence-electron chi connectivity index (χ2n) is 3.57. The van der Waals surface area contributed by atoms with E-state index in [0.717, 1.165) is 31.7 Å². The Hall–Kier alpha value is -1.29. The van der Waals surface area contributed by atoms with Gasteiger partial charge in [0.05, 0.1) is 11.8 Å². The highest BCUT2D eigenvalue weighted by molar-refractivity contribution is 5.95. The molecule has 0 unspecified atom stereocenters. The van der Waals surface area contributed by atoms with Crippen LogP contribution in [0.1, 0.15) is 36.4 Å². The third-order valence-electron chi connectivity index (χ3n) is 2.38. The lowest BCUT2D eigenvalue weighted by Crippen LogP contribution is -2.27. The van der Waals surface area contributed by atoms with Crippen molar-refractivity contribution in [3.05, 3.63) is 23.7 Å². The van der Waals surface area contributed by atoms with E-state index >= 15 is 0 Å². The fourth-order valence-electron chi connectivity index (χ4n) is 1.50. The fourth-order valence-corrected chi connectivity index (χ4v) is 1.50. The maximum atomic E-state index is 11.7. The number of amides is 1. The van der Waals surface area contributed by atoms with E-state index < -0.39 is 0 Å². The summed E-state index contributed by atoms with van der Waals surface area (Å²) in [5.74, 6) is 0.714. The summed E-state index contributed by atoms with van der Waals surface area (Å²) in [5, 5.41) is 6.09. The topological polar surface area (TPSA) is 54.3 Å². The van der Waals surface area contributed by atoms with E-state index in [1.807, 2.05) is 6.92 Å². The van der Waals surface area contributed by atoms with Crippen LogP contribution in [-0.4, -0.2) is 25.5 Å². The van der Waals surface area contributed by atoms with Crippen molar-refractivity contribution >= 4 is 5.91 Å². The maximum absolute atomic E-state index is 11.7. The highest BCUT2D eigenvalue weighted by Crippen LogP contribution is 2.10. The van der Waals surface area contributed by atoms with Gasteiger partial charge in [0.25, 0.3) is 5.91 Å². The Bertz CT molecular complexity index is 321. The number of rotatable bonds is 7. The van der Waals surface area contributed by atoms with Gasteiger partial charge in [-0.3, -0.25) is 4.79 Å². The van der Waals surface area contributed by atoms with Crippen molar-refractivity contribution in [3.63, 3.8) is 0 Å². The van der Waals surface area contributed by atoms with Gasteiger partial charge in [0.1, 0.15) is 5.76 Å². The Morgan fingerprint density at radius 3 is 2.88 bits per heavy atom. The first kappa shape index (κ1) is 12.8. The van der Waals surface area contributed by atoms with E-state index in [0.29, 0.717) is 12.1 Å². The summed E-state index contributed by atoms with van der Waals surface area (Å²) < 4.78 is 5.21. The molecule has 0 fully saturated rings. The van der Waals surface area contributed by atoms with Gasteiger partial charge in [-0.05, 0) is 25.6 Å². The number of hydrogen-bond donors (Lipinski definition) is 2. The van der Waals surface area contributed by atoms with Gasteiger partial charge in [-0.25, -0.2) is 0 Å². The maximum Gasteiger partial charge on any atom is 0.254 e. The van der Waals surface area contributed by atoms with Crippen molar-refractivity contribution in [3.8, 4) is 0 Å². The van der Waals surface area contributed by atoms with E-state index in [4.69, 9.17) is 4.42 Å². The molecule has 0 radical (unpaired) electrons. The van der Waals surface area contributed by atoms with Crippen LogP contribution in [-0.2, 0) is 6.42 Å². The van der Waals surface area contributed by atoms with Crippen molar-refractivity contribution in [2.75, 3.05) is 19.6 Å². The molecule has 0 saturated heterocycles. The van der Waals surface area contributed by atoms with Gasteiger partial charge in [-0.15, -0.1) is 0 Å². The normalized spacial score (nSPS) is 10.4. The summed E-state index contributed by atoms with van der Waals surface area (Å²) in [6.45, 7) is 6.64. The van der Waals surface area contributed by atoms with Crippen LogP contribution < -0.4 is 10.6 Å². The van der Waals surface area contributed by atoms with Crippen LogP contribution in [0.15, 0.2) is 16.7 Å². The smallest absolute Gasteiger partial charge is 0.254 e. The Morgan fingerprint density at radius 2 is 2.19 bits per heavy atom. The molecule has 1 aromatic heterocycles. The SMILES string of the molecule is CCNCCCNC(=O)c1ccoc1CC. The minimum absolute atomic E-state index is 0.0397. The summed E-state index contributed by atoms with van der Waals surface area (Å²) in [5.41, 5.74) is 0.658. The molecule has 0 aromatic carbocycles. The zero-order valence-electron chi connectivity index (χ0n) is 10.0. The highest BCUT2D eigenvalue weighted by atomic mass is 16.3. The van der Waals surface area contributed by atoms with E-state index in [9.17, 15) is 4.79 Å². The van der Waals surface area contributed by atoms with Crippen LogP contribution >= 0.6 is 0 Å². The van der Waals surface area contributed by atoms with Crippen LogP contribution in [0.25, 0.3) is 0 Å². The number of hydrogen-bond acceptors (Lipinski definition) is 3. The second-order valence-corrected chi connectivity index (χ2v) is 3.57. The molecule has 90 valence electrons. The van der Waals surface area contributed by atoms with Gasteiger partial charge < -0.3 is 15.1 Å². The lowest BCUT2D eigenvalue weighted by molar-refractivity contribution is 0.0951. The zero-order chi connectivity index (χ0) is 11.8. The molecule has 0 bridgehead atoms. The molecule has 0 aliphatic carbocycles. The van der Waals surface area contributed by atoms with Crippen molar-refractivity contribution < 1.29 is 9.21 Å². The lowest BCUT2D eigenvalue weighted by atomic mass is 10.2. The van der Waals surface area contributed by atoms with E-state index in [2.05, 4.69) is 17.6 Å². The first-order valence-corrected chi connectivity index (χ1v) is 5.84. The fraction of sp³-hybridized carbons (Fsp3) is 0.583. The summed E-state index contributed by atoms with van der Waals surface area (Å²) in [6, 6.07) is 1.72. The van der Waals surface area contributed by atoms with Crippen LogP contribution in [0.4, 0.5) is 0 Å². The van der Waals surface area contributed by atoms with Gasteiger partial charge in [0.2, 0.25) is 0 Å². The summed E-state index contributed by atoms with van der Waals surface area (Å²) >= 11 is 0. The predicted octanol–water partition coefficient (Wildman–Crippen LogP) is 1.57. The predicted molar refractivity (Wildman–Crippen MR) is 63.6 cm³/mol. The number of aryl methyl sites for hydroxylation is 1. The molecule has 1 heterocycles. The van der Waals surface area contributed by atoms with Gasteiger partial charge in [0, 0.05) is 13.0 Å². The Balaban J connectivity index is 2.30. The average molecular weight is 224 g/mol. The van der Waals surface area contributed by atoms with Crippen molar-refractivity contribution in [1.29, 1.82) is 0 Å². The van der Waals surface area contributed by atoms with Crippen molar-refractivity contribution in [2.24, 2.45) is 0 Å². The van der Waals surface area contributed by atoms with E-state index in [1.54, 1.807) is 12.3 Å². The van der Waals surface area contributed by atoms with E-state index in [-0.39, 0.29) is 5.91 Å². The van der Waals surface area contributed by atoms with Gasteiger partial charge in [0.15, 0.2) is 0 Å². The molecule has 1 aromatic rings. The third kappa shape index (κ3) is 3.70. The number of nitrogens with one attached hydrogen (secondary N) is 2. The summed E-state index contributed by atoms with van der Waals surface area (Å²) in [6.07, 6.45) is 3.25. The van der Waals surface area contributed by atoms with Gasteiger partial charge in [-0.1, -0.05) is 13.8 Å². The first-order valence-electron chi connectivity index (χ1n) is 5.84. The van der Waals surface area contributed by atoms with Crippen molar-refractivity contribution in [1.82, 2.24) is 10.6 Å². The molecule has 1 amide bonds. The molecule has 0 saturated carbocycles. The Morgan fingerprint density at radius 1 is 1.38 bits per heavy atom. The minimum Gasteiger partial charge on any atom is -0.469 e. The molecule has 16 heavy (non-hydrogen) atoms. The standard InChI is InChI=1S/C12H20N2O2/c1-3-11-10(6-9-16-11)12(15)14-8-5-7-13-4-2/h6,9,13H,3-5,7-8H2,1-2H3,(H,14,15). The highest BCUT2D eigenvalue weighted by Gasteiger charge is 2.11. The molecule has 4 heteroatoms.